The minimum absolute atomic E-state index is 0.0736. The highest BCUT2D eigenvalue weighted by Gasteiger charge is 2.27. The lowest BCUT2D eigenvalue weighted by atomic mass is 9.76. The van der Waals surface area contributed by atoms with Gasteiger partial charge in [-0.15, -0.1) is 0 Å². The minimum atomic E-state index is 0.0736. The first-order valence-corrected chi connectivity index (χ1v) is 8.85. The minimum Gasteiger partial charge on any atom is -0.330 e. The molecule has 2 nitrogen and oxygen atoms in total. The van der Waals surface area contributed by atoms with Gasteiger partial charge in [-0.1, -0.05) is 56.2 Å². The van der Waals surface area contributed by atoms with E-state index in [0.717, 1.165) is 51.5 Å². The third-order valence-electron chi connectivity index (χ3n) is 4.60. The molecular weight excluding hydrogens is 268 g/mol. The number of hydrogen-bond acceptors (Lipinski definition) is 2. The molecule has 0 aliphatic carbocycles. The lowest BCUT2D eigenvalue weighted by Crippen LogP contribution is -2.38. The Hall–Kier alpha value is -0.860. The van der Waals surface area contributed by atoms with Crippen LogP contribution < -0.4 is 11.5 Å². The van der Waals surface area contributed by atoms with Crippen LogP contribution in [0.15, 0.2) is 36.0 Å². The molecule has 1 atom stereocenters. The highest BCUT2D eigenvalue weighted by Crippen LogP contribution is 2.31. The van der Waals surface area contributed by atoms with Crippen molar-refractivity contribution in [2.24, 2.45) is 16.9 Å². The maximum absolute atomic E-state index is 6.39. The molecule has 22 heavy (non-hydrogen) atoms. The highest BCUT2D eigenvalue weighted by molar-refractivity contribution is 5.13. The summed E-state index contributed by atoms with van der Waals surface area (Å²) in [5.74, 6) is 0. The van der Waals surface area contributed by atoms with Crippen molar-refractivity contribution in [1.82, 2.24) is 0 Å². The van der Waals surface area contributed by atoms with Gasteiger partial charge in [0.25, 0.3) is 0 Å². The van der Waals surface area contributed by atoms with Crippen LogP contribution in [0.5, 0.6) is 0 Å². The zero-order valence-electron chi connectivity index (χ0n) is 15.3. The zero-order valence-corrected chi connectivity index (χ0v) is 15.3. The number of hydrogen-bond donors (Lipinski definition) is 2. The molecule has 0 aliphatic heterocycles. The monoisotopic (exact) mass is 306 g/mol. The van der Waals surface area contributed by atoms with Crippen molar-refractivity contribution < 1.29 is 0 Å². The van der Waals surface area contributed by atoms with Crippen molar-refractivity contribution in [3.05, 3.63) is 36.0 Å². The molecule has 1 unspecified atom stereocenters. The summed E-state index contributed by atoms with van der Waals surface area (Å²) >= 11 is 0. The van der Waals surface area contributed by atoms with E-state index in [1.54, 1.807) is 0 Å². The van der Waals surface area contributed by atoms with E-state index < -0.39 is 0 Å². The third kappa shape index (κ3) is 9.22. The van der Waals surface area contributed by atoms with Gasteiger partial charge in [0.1, 0.15) is 0 Å². The van der Waals surface area contributed by atoms with Crippen LogP contribution >= 0.6 is 0 Å². The molecule has 0 rings (SSSR count). The maximum atomic E-state index is 6.39. The topological polar surface area (TPSA) is 52.0 Å². The number of rotatable bonds is 12. The van der Waals surface area contributed by atoms with Gasteiger partial charge in [-0.3, -0.25) is 0 Å². The van der Waals surface area contributed by atoms with Gasteiger partial charge in [0, 0.05) is 11.5 Å². The van der Waals surface area contributed by atoms with E-state index in [1.807, 2.05) is 0 Å². The summed E-state index contributed by atoms with van der Waals surface area (Å²) in [4.78, 5) is 0. The lowest BCUT2D eigenvalue weighted by Gasteiger charge is -2.33. The lowest BCUT2D eigenvalue weighted by molar-refractivity contribution is 0.323. The van der Waals surface area contributed by atoms with Crippen LogP contribution in [0.25, 0.3) is 0 Å². The van der Waals surface area contributed by atoms with Crippen LogP contribution in [0.3, 0.4) is 0 Å². The van der Waals surface area contributed by atoms with Gasteiger partial charge in [-0.25, -0.2) is 0 Å². The maximum Gasteiger partial charge on any atom is 0.0128 e. The predicted octanol–water partition coefficient (Wildman–Crippen LogP) is 5.11. The number of unbranched alkanes of at least 4 members (excludes halogenated alkanes) is 3. The van der Waals surface area contributed by atoms with Gasteiger partial charge < -0.3 is 11.5 Å². The van der Waals surface area contributed by atoms with Crippen LogP contribution in [-0.2, 0) is 0 Å². The van der Waals surface area contributed by atoms with Gasteiger partial charge in [-0.2, -0.15) is 0 Å². The smallest absolute Gasteiger partial charge is 0.0128 e. The van der Waals surface area contributed by atoms with E-state index in [4.69, 9.17) is 11.5 Å². The second-order valence-electron chi connectivity index (χ2n) is 6.69. The first-order valence-electron chi connectivity index (χ1n) is 8.85. The summed E-state index contributed by atoms with van der Waals surface area (Å²) < 4.78 is 0. The van der Waals surface area contributed by atoms with E-state index >= 15 is 0 Å². The third-order valence-corrected chi connectivity index (χ3v) is 4.60. The van der Waals surface area contributed by atoms with Gasteiger partial charge in [0.15, 0.2) is 0 Å². The first-order chi connectivity index (χ1) is 10.5. The van der Waals surface area contributed by atoms with Crippen molar-refractivity contribution in [3.8, 4) is 0 Å². The molecule has 0 radical (unpaired) electrons. The number of nitrogens with two attached hydrogens (primary N) is 2. The molecule has 2 heteroatoms. The molecule has 0 aromatic carbocycles. The normalized spacial score (nSPS) is 15.1. The molecule has 0 aliphatic rings. The van der Waals surface area contributed by atoms with Crippen molar-refractivity contribution in [3.63, 3.8) is 0 Å². The Balaban J connectivity index is 4.15. The van der Waals surface area contributed by atoms with Crippen molar-refractivity contribution >= 4 is 0 Å². The second-order valence-corrected chi connectivity index (χ2v) is 6.69. The Labute approximate surface area is 138 Å². The summed E-state index contributed by atoms with van der Waals surface area (Å²) in [5.41, 5.74) is 13.4. The summed E-state index contributed by atoms with van der Waals surface area (Å²) in [6.45, 7) is 9.58. The van der Waals surface area contributed by atoms with E-state index in [-0.39, 0.29) is 11.5 Å². The molecule has 0 spiro atoms. The standard InChI is InChI=1S/C20H38N2/c1-5-6-7-8-9-10-11-12-15-18(2)20(3,4)19(22)16-13-14-17-21/h5-6,9-10,15,19H,7-8,11-14,16-17,21-22H2,1-4H3. The summed E-state index contributed by atoms with van der Waals surface area (Å²) in [5, 5.41) is 0. The molecule has 0 fully saturated rings. The molecule has 0 bridgehead atoms. The van der Waals surface area contributed by atoms with Crippen LogP contribution in [-0.4, -0.2) is 12.6 Å². The van der Waals surface area contributed by atoms with Crippen LogP contribution in [0.2, 0.25) is 0 Å². The fraction of sp³-hybridized carbons (Fsp3) is 0.700. The van der Waals surface area contributed by atoms with E-state index in [2.05, 4.69) is 58.1 Å². The van der Waals surface area contributed by atoms with Gasteiger partial charge in [-0.05, 0) is 58.9 Å². The van der Waals surface area contributed by atoms with Crippen molar-refractivity contribution in [1.29, 1.82) is 0 Å². The average Bonchev–Trinajstić information content (AvgIpc) is 2.49. The molecule has 0 saturated carbocycles. The highest BCUT2D eigenvalue weighted by atomic mass is 14.7. The second kappa shape index (κ2) is 12.7. The zero-order chi connectivity index (χ0) is 16.8. The molecule has 0 aromatic rings. The average molecular weight is 307 g/mol. The summed E-state index contributed by atoms with van der Waals surface area (Å²) in [7, 11) is 0. The Morgan fingerprint density at radius 3 is 2.18 bits per heavy atom. The van der Waals surface area contributed by atoms with Gasteiger partial charge >= 0.3 is 0 Å². The van der Waals surface area contributed by atoms with Crippen LogP contribution in [0.1, 0.15) is 72.6 Å². The summed E-state index contributed by atoms with van der Waals surface area (Å²) in [6, 6.07) is 0.215. The quantitative estimate of drug-likeness (QED) is 0.389. The van der Waals surface area contributed by atoms with Crippen LogP contribution in [0, 0.1) is 5.41 Å². The Morgan fingerprint density at radius 2 is 1.59 bits per heavy atom. The largest absolute Gasteiger partial charge is 0.330 e. The molecule has 128 valence electrons. The fourth-order valence-electron chi connectivity index (χ4n) is 2.42. The first kappa shape index (κ1) is 21.1. The molecule has 0 saturated heterocycles. The van der Waals surface area contributed by atoms with Crippen molar-refractivity contribution in [2.75, 3.05) is 6.54 Å². The SMILES string of the molecule is CC=CCCC=CCCC=C(C)C(C)(C)C(N)CCCCN. The molecule has 0 heterocycles. The van der Waals surface area contributed by atoms with E-state index in [9.17, 15) is 0 Å². The Bertz CT molecular complexity index is 351. The van der Waals surface area contributed by atoms with Gasteiger partial charge in [0.05, 0.1) is 0 Å². The molecule has 0 aromatic heterocycles. The predicted molar refractivity (Wildman–Crippen MR) is 101 cm³/mol. The molecule has 0 amide bonds. The summed E-state index contributed by atoms with van der Waals surface area (Å²) in [6.07, 6.45) is 19.0. The molecule has 4 N–H and O–H groups in total. The Kier molecular flexibility index (Phi) is 12.2. The number of allylic oxidation sites excluding steroid dienone is 5. The van der Waals surface area contributed by atoms with Crippen LogP contribution in [0.4, 0.5) is 0 Å². The Morgan fingerprint density at radius 1 is 1.00 bits per heavy atom. The fourth-order valence-corrected chi connectivity index (χ4v) is 2.42. The van der Waals surface area contributed by atoms with Crippen molar-refractivity contribution in [2.45, 2.75) is 78.7 Å². The molecular formula is C20H38N2. The van der Waals surface area contributed by atoms with E-state index in [0.29, 0.717) is 0 Å². The van der Waals surface area contributed by atoms with Gasteiger partial charge in [0.2, 0.25) is 0 Å². The van der Waals surface area contributed by atoms with E-state index in [1.165, 1.54) is 5.57 Å².